The summed E-state index contributed by atoms with van der Waals surface area (Å²) in [5.41, 5.74) is 0.903. The van der Waals surface area contributed by atoms with E-state index in [4.69, 9.17) is 9.47 Å². The molecule has 8 heteroatoms. The molecule has 2 fully saturated rings. The zero-order valence-electron chi connectivity index (χ0n) is 17.0. The second kappa shape index (κ2) is 12.0. The molecule has 3 rings (SSSR count). The van der Waals surface area contributed by atoms with E-state index in [-0.39, 0.29) is 42.9 Å². The lowest BCUT2D eigenvalue weighted by Gasteiger charge is -2.25. The minimum absolute atomic E-state index is 0. The summed E-state index contributed by atoms with van der Waals surface area (Å²) in [4.78, 5) is 26.6. The largest absolute Gasteiger partial charge is 0.483 e. The maximum Gasteiger partial charge on any atom is 0.260 e. The van der Waals surface area contributed by atoms with E-state index in [0.717, 1.165) is 44.5 Å². The highest BCUT2D eigenvalue weighted by Gasteiger charge is 2.22. The number of nitrogens with one attached hydrogen (secondary N) is 2. The minimum Gasteiger partial charge on any atom is -0.483 e. The smallest absolute Gasteiger partial charge is 0.260 e. The Morgan fingerprint density at radius 2 is 2.07 bits per heavy atom. The van der Waals surface area contributed by atoms with E-state index in [2.05, 4.69) is 10.6 Å². The van der Waals surface area contributed by atoms with E-state index in [0.29, 0.717) is 25.4 Å². The van der Waals surface area contributed by atoms with Gasteiger partial charge in [-0.05, 0) is 25.3 Å². The molecule has 2 unspecified atom stereocenters. The first-order valence-corrected chi connectivity index (χ1v) is 10.3. The van der Waals surface area contributed by atoms with E-state index in [9.17, 15) is 9.59 Å². The zero-order chi connectivity index (χ0) is 19.8. The van der Waals surface area contributed by atoms with Gasteiger partial charge in [0.05, 0.1) is 19.3 Å². The van der Waals surface area contributed by atoms with E-state index in [1.54, 1.807) is 0 Å². The summed E-state index contributed by atoms with van der Waals surface area (Å²) in [7, 11) is 0. The summed E-state index contributed by atoms with van der Waals surface area (Å²) < 4.78 is 11.3. The summed E-state index contributed by atoms with van der Waals surface area (Å²) >= 11 is 0. The first kappa shape index (κ1) is 23.4. The minimum atomic E-state index is -0.157. The van der Waals surface area contributed by atoms with Crippen molar-refractivity contribution in [3.05, 3.63) is 29.8 Å². The molecule has 0 aromatic heterocycles. The molecule has 2 aliphatic rings. The predicted octanol–water partition coefficient (Wildman–Crippen LogP) is 2.06. The molecule has 0 bridgehead atoms. The Kier molecular flexibility index (Phi) is 9.70. The number of likely N-dealkylation sites (tertiary alicyclic amines) is 1. The molecular weight excluding hydrogens is 394 g/mol. The standard InChI is InChI=1S/C21H31N3O4.ClH/c1-2-18(23-20(25)13-16-14-27-12-9-22-16)17-7-3-4-8-19(17)28-15-21(26)24-10-5-6-11-24;/h3-4,7-8,16,18,22H,2,5-6,9-15H2,1H3,(H,23,25);1H. The van der Waals surface area contributed by atoms with Crippen LogP contribution in [0.3, 0.4) is 0 Å². The van der Waals surface area contributed by atoms with Crippen LogP contribution in [0.5, 0.6) is 5.75 Å². The van der Waals surface area contributed by atoms with Gasteiger partial charge in [-0.2, -0.15) is 0 Å². The van der Waals surface area contributed by atoms with Gasteiger partial charge in [0.2, 0.25) is 5.91 Å². The molecule has 1 aromatic carbocycles. The molecule has 162 valence electrons. The number of morpholine rings is 1. The number of nitrogens with zero attached hydrogens (tertiary/aromatic N) is 1. The maximum absolute atomic E-state index is 12.5. The number of ether oxygens (including phenoxy) is 2. The highest BCUT2D eigenvalue weighted by atomic mass is 35.5. The second-order valence-electron chi connectivity index (χ2n) is 7.37. The van der Waals surface area contributed by atoms with Crippen molar-refractivity contribution in [2.45, 2.75) is 44.7 Å². The molecule has 0 saturated carbocycles. The van der Waals surface area contributed by atoms with Crippen molar-refractivity contribution in [3.8, 4) is 5.75 Å². The number of halogens is 1. The van der Waals surface area contributed by atoms with E-state index >= 15 is 0 Å². The van der Waals surface area contributed by atoms with Crippen LogP contribution in [-0.2, 0) is 14.3 Å². The molecule has 0 aliphatic carbocycles. The monoisotopic (exact) mass is 425 g/mol. The van der Waals surface area contributed by atoms with Crippen molar-refractivity contribution in [2.24, 2.45) is 0 Å². The molecule has 2 aliphatic heterocycles. The molecule has 2 heterocycles. The molecule has 0 radical (unpaired) electrons. The highest BCUT2D eigenvalue weighted by Crippen LogP contribution is 2.27. The number of hydrogen-bond acceptors (Lipinski definition) is 5. The van der Waals surface area contributed by atoms with Gasteiger partial charge in [0, 0.05) is 37.7 Å². The Morgan fingerprint density at radius 1 is 1.31 bits per heavy atom. The summed E-state index contributed by atoms with van der Waals surface area (Å²) in [5.74, 6) is 0.659. The number of carbonyl (C=O) groups excluding carboxylic acids is 2. The van der Waals surface area contributed by atoms with Crippen LogP contribution in [0.15, 0.2) is 24.3 Å². The summed E-state index contributed by atoms with van der Waals surface area (Å²) in [6.45, 7) is 5.71. The Bertz CT molecular complexity index is 661. The number of amides is 2. The molecule has 2 amide bonds. The van der Waals surface area contributed by atoms with Gasteiger partial charge in [-0.25, -0.2) is 0 Å². The lowest BCUT2D eigenvalue weighted by Crippen LogP contribution is -2.44. The predicted molar refractivity (Wildman–Crippen MR) is 113 cm³/mol. The molecule has 2 saturated heterocycles. The quantitative estimate of drug-likeness (QED) is 0.666. The van der Waals surface area contributed by atoms with Gasteiger partial charge in [-0.3, -0.25) is 9.59 Å². The van der Waals surface area contributed by atoms with Crippen LogP contribution in [0.4, 0.5) is 0 Å². The summed E-state index contributed by atoms with van der Waals surface area (Å²) in [6.07, 6.45) is 3.24. The second-order valence-corrected chi connectivity index (χ2v) is 7.37. The number of hydrogen-bond donors (Lipinski definition) is 2. The topological polar surface area (TPSA) is 79.9 Å². The van der Waals surface area contributed by atoms with Gasteiger partial charge in [0.1, 0.15) is 5.75 Å². The van der Waals surface area contributed by atoms with Crippen molar-refractivity contribution in [3.63, 3.8) is 0 Å². The number of rotatable bonds is 8. The maximum atomic E-state index is 12.5. The van der Waals surface area contributed by atoms with E-state index < -0.39 is 0 Å². The van der Waals surface area contributed by atoms with Crippen LogP contribution in [0.2, 0.25) is 0 Å². The molecule has 7 nitrogen and oxygen atoms in total. The van der Waals surface area contributed by atoms with Crippen LogP contribution in [0, 0.1) is 0 Å². The summed E-state index contributed by atoms with van der Waals surface area (Å²) in [5, 5.41) is 6.40. The van der Waals surface area contributed by atoms with E-state index in [1.165, 1.54) is 0 Å². The fraction of sp³-hybridized carbons (Fsp3) is 0.619. The Balaban J connectivity index is 0.00000300. The van der Waals surface area contributed by atoms with Crippen LogP contribution < -0.4 is 15.4 Å². The third-order valence-corrected chi connectivity index (χ3v) is 5.28. The van der Waals surface area contributed by atoms with Crippen LogP contribution >= 0.6 is 12.4 Å². The molecular formula is C21H32ClN3O4. The van der Waals surface area contributed by atoms with Gasteiger partial charge >= 0.3 is 0 Å². The Morgan fingerprint density at radius 3 is 2.76 bits per heavy atom. The first-order chi connectivity index (χ1) is 13.7. The highest BCUT2D eigenvalue weighted by molar-refractivity contribution is 5.85. The van der Waals surface area contributed by atoms with Crippen molar-refractivity contribution >= 4 is 24.2 Å². The number of carbonyl (C=O) groups is 2. The lowest BCUT2D eigenvalue weighted by atomic mass is 10.0. The Hall–Kier alpha value is -1.83. The first-order valence-electron chi connectivity index (χ1n) is 10.3. The van der Waals surface area contributed by atoms with Crippen LogP contribution in [0.25, 0.3) is 0 Å². The van der Waals surface area contributed by atoms with Gasteiger partial charge in [0.15, 0.2) is 6.61 Å². The SMILES string of the molecule is CCC(NC(=O)CC1COCCN1)c1ccccc1OCC(=O)N1CCCC1.Cl. The van der Waals surface area contributed by atoms with E-state index in [1.807, 2.05) is 36.1 Å². The zero-order valence-corrected chi connectivity index (χ0v) is 17.8. The molecule has 29 heavy (non-hydrogen) atoms. The van der Waals surface area contributed by atoms with Gasteiger partial charge in [-0.1, -0.05) is 25.1 Å². The van der Waals surface area contributed by atoms with Crippen LogP contribution in [0.1, 0.15) is 44.2 Å². The van der Waals surface area contributed by atoms with Crippen molar-refractivity contribution < 1.29 is 19.1 Å². The normalized spacial score (nSPS) is 19.9. The number of para-hydroxylation sites is 1. The van der Waals surface area contributed by atoms with Gasteiger partial charge in [-0.15, -0.1) is 12.4 Å². The third kappa shape index (κ3) is 6.87. The van der Waals surface area contributed by atoms with Crippen molar-refractivity contribution in [1.82, 2.24) is 15.5 Å². The third-order valence-electron chi connectivity index (χ3n) is 5.28. The van der Waals surface area contributed by atoms with Crippen molar-refractivity contribution in [2.75, 3.05) is 39.5 Å². The van der Waals surface area contributed by atoms with Gasteiger partial charge in [0.25, 0.3) is 5.91 Å². The fourth-order valence-corrected chi connectivity index (χ4v) is 3.72. The molecule has 0 spiro atoms. The molecule has 1 aromatic rings. The molecule has 2 N–H and O–H groups in total. The average molecular weight is 426 g/mol. The van der Waals surface area contributed by atoms with Crippen LogP contribution in [-0.4, -0.2) is 62.2 Å². The summed E-state index contributed by atoms with van der Waals surface area (Å²) in [6, 6.07) is 7.52. The Labute approximate surface area is 178 Å². The average Bonchev–Trinajstić information content (AvgIpc) is 3.26. The molecule has 2 atom stereocenters. The van der Waals surface area contributed by atoms with Gasteiger partial charge < -0.3 is 25.0 Å². The van der Waals surface area contributed by atoms with Crippen molar-refractivity contribution in [1.29, 1.82) is 0 Å². The number of benzene rings is 1. The lowest BCUT2D eigenvalue weighted by molar-refractivity contribution is -0.132. The fourth-order valence-electron chi connectivity index (χ4n) is 3.72.